The Morgan fingerprint density at radius 3 is 2.17 bits per heavy atom. The number of allylic oxidation sites excluding steroid dienone is 3. The molecule has 2 aromatic rings. The Kier molecular flexibility index (Phi) is 4.52. The minimum absolute atomic E-state index is 0.488. The summed E-state index contributed by atoms with van der Waals surface area (Å²) in [7, 11) is 0. The average molecular weight is 306 g/mol. The molecule has 0 bridgehead atoms. The molecular weight excluding hydrogens is 284 g/mol. The second-order valence-corrected chi connectivity index (χ2v) is 6.14. The van der Waals surface area contributed by atoms with Crippen LogP contribution in [-0.4, -0.2) is 0 Å². The molecule has 1 aliphatic rings. The van der Waals surface area contributed by atoms with Crippen LogP contribution in [0.4, 0.5) is 0 Å². The van der Waals surface area contributed by atoms with Gasteiger partial charge >= 0.3 is 0 Å². The van der Waals surface area contributed by atoms with Crippen molar-refractivity contribution in [2.24, 2.45) is 11.8 Å². The molecule has 2 unspecified atom stereocenters. The van der Waals surface area contributed by atoms with Crippen molar-refractivity contribution >= 4 is 0 Å². The summed E-state index contributed by atoms with van der Waals surface area (Å²) in [5.74, 6) is 4.32. The van der Waals surface area contributed by atoms with Crippen LogP contribution in [0, 0.1) is 18.8 Å². The van der Waals surface area contributed by atoms with Crippen LogP contribution in [0.5, 0.6) is 17.2 Å². The van der Waals surface area contributed by atoms with Gasteiger partial charge in [0.15, 0.2) is 0 Å². The lowest BCUT2D eigenvalue weighted by Gasteiger charge is -2.19. The number of ether oxygens (including phenoxy) is 2. The van der Waals surface area contributed by atoms with E-state index in [1.165, 1.54) is 5.56 Å². The molecule has 2 heteroatoms. The van der Waals surface area contributed by atoms with Crippen LogP contribution < -0.4 is 9.47 Å². The summed E-state index contributed by atoms with van der Waals surface area (Å²) in [5.41, 5.74) is 1.22. The van der Waals surface area contributed by atoms with Gasteiger partial charge in [0.2, 0.25) is 0 Å². The number of hydrogen-bond acceptors (Lipinski definition) is 2. The second kappa shape index (κ2) is 6.74. The van der Waals surface area contributed by atoms with Gasteiger partial charge in [-0.3, -0.25) is 0 Å². The molecule has 2 nitrogen and oxygen atoms in total. The van der Waals surface area contributed by atoms with Gasteiger partial charge in [-0.25, -0.2) is 0 Å². The van der Waals surface area contributed by atoms with Crippen LogP contribution in [0.2, 0.25) is 0 Å². The maximum Gasteiger partial charge on any atom is 0.131 e. The molecule has 0 aliphatic heterocycles. The lowest BCUT2D eigenvalue weighted by atomic mass is 9.91. The number of aryl methyl sites for hydroxylation is 1. The highest BCUT2D eigenvalue weighted by Crippen LogP contribution is 2.28. The summed E-state index contributed by atoms with van der Waals surface area (Å²) in [6, 6.07) is 15.7. The fourth-order valence-electron chi connectivity index (χ4n) is 2.44. The summed E-state index contributed by atoms with van der Waals surface area (Å²) >= 11 is 0. The zero-order chi connectivity index (χ0) is 16.2. The molecule has 0 aromatic heterocycles. The maximum atomic E-state index is 5.97. The molecule has 0 spiro atoms. The van der Waals surface area contributed by atoms with Crippen molar-refractivity contribution in [1.82, 2.24) is 0 Å². The van der Waals surface area contributed by atoms with Crippen LogP contribution in [0.1, 0.15) is 19.4 Å². The fourth-order valence-corrected chi connectivity index (χ4v) is 2.44. The molecule has 0 N–H and O–H groups in total. The van der Waals surface area contributed by atoms with Gasteiger partial charge in [0, 0.05) is 6.07 Å². The van der Waals surface area contributed by atoms with Crippen LogP contribution in [-0.2, 0) is 0 Å². The van der Waals surface area contributed by atoms with E-state index < -0.39 is 0 Å². The average Bonchev–Trinajstić information content (AvgIpc) is 2.54. The topological polar surface area (TPSA) is 18.5 Å². The minimum Gasteiger partial charge on any atom is -0.458 e. The molecule has 3 rings (SSSR count). The van der Waals surface area contributed by atoms with E-state index in [0.29, 0.717) is 11.8 Å². The maximum absolute atomic E-state index is 5.97. The van der Waals surface area contributed by atoms with Crippen LogP contribution in [0.3, 0.4) is 0 Å². The van der Waals surface area contributed by atoms with Gasteiger partial charge in [-0.1, -0.05) is 43.7 Å². The van der Waals surface area contributed by atoms with Crippen molar-refractivity contribution in [2.45, 2.75) is 20.8 Å². The number of rotatable bonds is 4. The standard InChI is InChI=1S/C21H22O2/c1-15-7-10-18(11-8-15)22-19-5-4-6-20(14-19)23-21-12-9-16(2)17(3)13-21/h4-14,16-17H,1-3H3. The lowest BCUT2D eigenvalue weighted by molar-refractivity contribution is 0.413. The lowest BCUT2D eigenvalue weighted by Crippen LogP contribution is -2.09. The smallest absolute Gasteiger partial charge is 0.131 e. The number of hydrogen-bond donors (Lipinski definition) is 0. The van der Waals surface area contributed by atoms with Crippen molar-refractivity contribution in [3.63, 3.8) is 0 Å². The van der Waals surface area contributed by atoms with E-state index in [2.05, 4.69) is 32.9 Å². The summed E-state index contributed by atoms with van der Waals surface area (Å²) in [6.45, 7) is 6.48. The molecule has 118 valence electrons. The van der Waals surface area contributed by atoms with Crippen molar-refractivity contribution < 1.29 is 9.47 Å². The monoisotopic (exact) mass is 306 g/mol. The quantitative estimate of drug-likeness (QED) is 0.701. The Balaban J connectivity index is 1.71. The second-order valence-electron chi connectivity index (χ2n) is 6.14. The number of benzene rings is 2. The summed E-state index contributed by atoms with van der Waals surface area (Å²) in [4.78, 5) is 0. The molecule has 0 saturated heterocycles. The van der Waals surface area contributed by atoms with E-state index >= 15 is 0 Å². The third-order valence-corrected chi connectivity index (χ3v) is 4.12. The van der Waals surface area contributed by atoms with Crippen molar-refractivity contribution in [3.8, 4) is 17.2 Å². The molecule has 0 amide bonds. The van der Waals surface area contributed by atoms with Gasteiger partial charge in [-0.2, -0.15) is 0 Å². The molecular formula is C21H22O2. The van der Waals surface area contributed by atoms with Gasteiger partial charge in [-0.05, 0) is 55.2 Å². The highest BCUT2D eigenvalue weighted by atomic mass is 16.5. The van der Waals surface area contributed by atoms with Gasteiger partial charge < -0.3 is 9.47 Å². The minimum atomic E-state index is 0.488. The van der Waals surface area contributed by atoms with E-state index in [-0.39, 0.29) is 0 Å². The molecule has 23 heavy (non-hydrogen) atoms. The first-order valence-electron chi connectivity index (χ1n) is 8.02. The Labute approximate surface area is 138 Å². The largest absolute Gasteiger partial charge is 0.458 e. The molecule has 2 aromatic carbocycles. The zero-order valence-corrected chi connectivity index (χ0v) is 13.8. The summed E-state index contributed by atoms with van der Waals surface area (Å²) in [5, 5.41) is 0. The highest BCUT2D eigenvalue weighted by Gasteiger charge is 2.13. The molecule has 0 heterocycles. The fraction of sp³-hybridized carbons (Fsp3) is 0.238. The van der Waals surface area contributed by atoms with Gasteiger partial charge in [0.05, 0.1) is 0 Å². The molecule has 0 saturated carbocycles. The summed E-state index contributed by atoms with van der Waals surface area (Å²) < 4.78 is 11.8. The van der Waals surface area contributed by atoms with E-state index in [1.807, 2.05) is 54.6 Å². The highest BCUT2D eigenvalue weighted by molar-refractivity contribution is 5.39. The third-order valence-electron chi connectivity index (χ3n) is 4.12. The molecule has 0 fully saturated rings. The predicted octanol–water partition coefficient (Wildman–Crippen LogP) is 5.89. The zero-order valence-electron chi connectivity index (χ0n) is 13.8. The first kappa shape index (κ1) is 15.4. The molecule has 2 atom stereocenters. The SMILES string of the molecule is Cc1ccc(Oc2cccc(OC3=CC(C)C(C)C=C3)c2)cc1. The third kappa shape index (κ3) is 4.04. The molecule has 0 radical (unpaired) electrons. The van der Waals surface area contributed by atoms with Gasteiger partial charge in [0.1, 0.15) is 23.0 Å². The Morgan fingerprint density at radius 2 is 1.48 bits per heavy atom. The predicted molar refractivity (Wildman–Crippen MR) is 93.9 cm³/mol. The van der Waals surface area contributed by atoms with Gasteiger partial charge in [-0.15, -0.1) is 0 Å². The molecule has 1 aliphatic carbocycles. The first-order chi connectivity index (χ1) is 11.1. The summed E-state index contributed by atoms with van der Waals surface area (Å²) in [6.07, 6.45) is 6.39. The van der Waals surface area contributed by atoms with Crippen LogP contribution >= 0.6 is 0 Å². The van der Waals surface area contributed by atoms with Crippen molar-refractivity contribution in [1.29, 1.82) is 0 Å². The normalized spacial score (nSPS) is 20.0. The van der Waals surface area contributed by atoms with E-state index in [0.717, 1.165) is 23.0 Å². The van der Waals surface area contributed by atoms with Crippen LogP contribution in [0.25, 0.3) is 0 Å². The van der Waals surface area contributed by atoms with E-state index in [9.17, 15) is 0 Å². The van der Waals surface area contributed by atoms with E-state index in [4.69, 9.17) is 9.47 Å². The van der Waals surface area contributed by atoms with Gasteiger partial charge in [0.25, 0.3) is 0 Å². The Morgan fingerprint density at radius 1 is 0.783 bits per heavy atom. The van der Waals surface area contributed by atoms with E-state index in [1.54, 1.807) is 0 Å². The van der Waals surface area contributed by atoms with Crippen molar-refractivity contribution in [3.05, 3.63) is 78.1 Å². The van der Waals surface area contributed by atoms with Crippen molar-refractivity contribution in [2.75, 3.05) is 0 Å². The Hall–Kier alpha value is -2.48. The Bertz CT molecular complexity index is 726. The van der Waals surface area contributed by atoms with Crippen LogP contribution in [0.15, 0.2) is 72.5 Å². The first-order valence-corrected chi connectivity index (χ1v) is 8.02.